The quantitative estimate of drug-likeness (QED) is 0.759. The van der Waals surface area contributed by atoms with Crippen LogP contribution in [0.25, 0.3) is 0 Å². The van der Waals surface area contributed by atoms with E-state index in [4.69, 9.17) is 0 Å². The predicted octanol–water partition coefficient (Wildman–Crippen LogP) is 0.212. The molecule has 0 bridgehead atoms. The summed E-state index contributed by atoms with van der Waals surface area (Å²) in [4.78, 5) is 39.5. The summed E-state index contributed by atoms with van der Waals surface area (Å²) in [5.41, 5.74) is 2.76. The minimum absolute atomic E-state index is 0.00544. The first-order valence-corrected chi connectivity index (χ1v) is 8.56. The highest BCUT2D eigenvalue weighted by Crippen LogP contribution is 2.18. The van der Waals surface area contributed by atoms with Crippen LogP contribution in [0, 0.1) is 13.8 Å². The van der Waals surface area contributed by atoms with Crippen molar-refractivity contribution >= 4 is 17.5 Å². The summed E-state index contributed by atoms with van der Waals surface area (Å²) in [5, 5.41) is 0. The average Bonchev–Trinajstić information content (AvgIpc) is 2.91. The van der Waals surface area contributed by atoms with Gasteiger partial charge in [-0.3, -0.25) is 9.59 Å². The van der Waals surface area contributed by atoms with Gasteiger partial charge in [0.05, 0.1) is 31.9 Å². The van der Waals surface area contributed by atoms with Crippen molar-refractivity contribution in [3.05, 3.63) is 41.0 Å². The Kier molecular flexibility index (Phi) is 4.94. The third-order valence-electron chi connectivity index (χ3n) is 4.78. The van der Waals surface area contributed by atoms with Crippen molar-refractivity contribution in [2.24, 2.45) is 0 Å². The minimum Gasteiger partial charge on any atom is -0.355 e. The Hall–Kier alpha value is -2.54. The van der Waals surface area contributed by atoms with Gasteiger partial charge in [0, 0.05) is 23.7 Å². The van der Waals surface area contributed by atoms with Crippen LogP contribution in [0.5, 0.6) is 0 Å². The predicted molar refractivity (Wildman–Crippen MR) is 94.4 cm³/mol. The number of anilines is 1. The number of piperazine rings is 1. The van der Waals surface area contributed by atoms with Gasteiger partial charge in [0.15, 0.2) is 5.78 Å². The summed E-state index contributed by atoms with van der Waals surface area (Å²) in [6.45, 7) is 9.03. The molecule has 2 N–H and O–H groups in total. The van der Waals surface area contributed by atoms with E-state index in [0.717, 1.165) is 43.4 Å². The molecule has 0 radical (unpaired) electrons. The van der Waals surface area contributed by atoms with Crippen molar-refractivity contribution in [1.29, 1.82) is 0 Å². The number of Topliss-reactive ketones (excluding diaryl/α,β-unsaturated/α-hetero) is 2. The highest BCUT2D eigenvalue weighted by Gasteiger charge is 2.26. The summed E-state index contributed by atoms with van der Waals surface area (Å²) < 4.78 is 0. The lowest BCUT2D eigenvalue weighted by molar-refractivity contribution is -0.892. The monoisotopic (exact) mass is 342 g/mol. The van der Waals surface area contributed by atoms with Gasteiger partial charge in [-0.1, -0.05) is 0 Å². The summed E-state index contributed by atoms with van der Waals surface area (Å²) in [7, 11) is 0. The van der Waals surface area contributed by atoms with E-state index in [0.29, 0.717) is 17.8 Å². The molecule has 1 aliphatic heterocycles. The van der Waals surface area contributed by atoms with Crippen LogP contribution in [0.4, 0.5) is 5.95 Å². The van der Waals surface area contributed by atoms with Crippen molar-refractivity contribution in [1.82, 2.24) is 15.0 Å². The van der Waals surface area contributed by atoms with Gasteiger partial charge < -0.3 is 14.8 Å². The van der Waals surface area contributed by atoms with E-state index in [9.17, 15) is 9.59 Å². The first-order valence-electron chi connectivity index (χ1n) is 8.56. The van der Waals surface area contributed by atoms with Crippen LogP contribution in [0.15, 0.2) is 18.5 Å². The van der Waals surface area contributed by atoms with Crippen molar-refractivity contribution in [3.63, 3.8) is 0 Å². The van der Waals surface area contributed by atoms with Crippen LogP contribution >= 0.6 is 0 Å². The number of ketones is 2. The third kappa shape index (κ3) is 3.61. The lowest BCUT2D eigenvalue weighted by atomic mass is 10.1. The molecule has 2 aromatic heterocycles. The highest BCUT2D eigenvalue weighted by atomic mass is 16.1. The molecule has 0 atom stereocenters. The zero-order valence-corrected chi connectivity index (χ0v) is 14.9. The molecular weight excluding hydrogens is 318 g/mol. The third-order valence-corrected chi connectivity index (χ3v) is 4.78. The van der Waals surface area contributed by atoms with E-state index in [1.165, 1.54) is 11.8 Å². The SMILES string of the molecule is CC(=O)c1c(C)[nH]c(C(=O)C[NH+]2CCN(c3ncccn3)CC2)c1C. The molecule has 1 aliphatic rings. The van der Waals surface area contributed by atoms with Gasteiger partial charge in [-0.05, 0) is 32.4 Å². The molecule has 0 unspecified atom stereocenters. The number of H-pyrrole nitrogens is 1. The van der Waals surface area contributed by atoms with Gasteiger partial charge in [0.2, 0.25) is 11.7 Å². The van der Waals surface area contributed by atoms with Gasteiger partial charge in [-0.25, -0.2) is 9.97 Å². The van der Waals surface area contributed by atoms with Crippen LogP contribution in [-0.2, 0) is 0 Å². The lowest BCUT2D eigenvalue weighted by Crippen LogP contribution is -3.15. The van der Waals surface area contributed by atoms with E-state index in [1.54, 1.807) is 18.5 Å². The largest absolute Gasteiger partial charge is 0.355 e. The molecule has 0 amide bonds. The molecule has 3 rings (SSSR count). The Bertz CT molecular complexity index is 776. The molecule has 2 aromatic rings. The molecule has 0 spiro atoms. The number of nitrogens with zero attached hydrogens (tertiary/aromatic N) is 3. The molecule has 1 saturated heterocycles. The number of nitrogens with one attached hydrogen (secondary N) is 2. The summed E-state index contributed by atoms with van der Waals surface area (Å²) >= 11 is 0. The second-order valence-electron chi connectivity index (χ2n) is 6.57. The Morgan fingerprint density at radius 1 is 1.20 bits per heavy atom. The minimum atomic E-state index is -0.00544. The molecule has 7 heteroatoms. The maximum atomic E-state index is 12.7. The first-order chi connectivity index (χ1) is 12.0. The molecular formula is C18H24N5O2+. The number of hydrogen-bond acceptors (Lipinski definition) is 5. The number of quaternary nitrogens is 1. The molecule has 132 valence electrons. The van der Waals surface area contributed by atoms with Gasteiger partial charge in [0.1, 0.15) is 6.54 Å². The Labute approximate surface area is 147 Å². The number of carbonyl (C=O) groups excluding carboxylic acids is 2. The number of carbonyl (C=O) groups is 2. The number of aromatic amines is 1. The number of hydrogen-bond donors (Lipinski definition) is 2. The average molecular weight is 342 g/mol. The van der Waals surface area contributed by atoms with E-state index < -0.39 is 0 Å². The zero-order valence-electron chi connectivity index (χ0n) is 14.9. The zero-order chi connectivity index (χ0) is 18.0. The van der Waals surface area contributed by atoms with Crippen LogP contribution in [0.2, 0.25) is 0 Å². The van der Waals surface area contributed by atoms with E-state index >= 15 is 0 Å². The maximum absolute atomic E-state index is 12.7. The normalized spacial score (nSPS) is 15.4. The molecule has 0 aliphatic carbocycles. The summed E-state index contributed by atoms with van der Waals surface area (Å²) in [5.74, 6) is 0.802. The van der Waals surface area contributed by atoms with Crippen LogP contribution in [-0.4, -0.2) is 59.2 Å². The van der Waals surface area contributed by atoms with Crippen molar-refractivity contribution < 1.29 is 14.5 Å². The fourth-order valence-electron chi connectivity index (χ4n) is 3.53. The van der Waals surface area contributed by atoms with Crippen LogP contribution in [0.3, 0.4) is 0 Å². The van der Waals surface area contributed by atoms with Gasteiger partial charge >= 0.3 is 0 Å². The fraction of sp³-hybridized carbons (Fsp3) is 0.444. The fourth-order valence-corrected chi connectivity index (χ4v) is 3.53. The van der Waals surface area contributed by atoms with E-state index in [-0.39, 0.29) is 11.6 Å². The van der Waals surface area contributed by atoms with Crippen molar-refractivity contribution in [3.8, 4) is 0 Å². The molecule has 1 fully saturated rings. The lowest BCUT2D eigenvalue weighted by Gasteiger charge is -2.31. The van der Waals surface area contributed by atoms with E-state index in [2.05, 4.69) is 19.9 Å². The van der Waals surface area contributed by atoms with Gasteiger partial charge in [-0.2, -0.15) is 0 Å². The molecule has 0 saturated carbocycles. The standard InChI is InChI=1S/C18H23N5O2/c1-12-16(14(3)24)13(2)21-17(12)15(25)11-22-7-9-23(10-8-22)18-19-5-4-6-20-18/h4-6,21H,7-11H2,1-3H3/p+1. The second kappa shape index (κ2) is 7.14. The number of aromatic nitrogens is 3. The Balaban J connectivity index is 1.62. The van der Waals surface area contributed by atoms with Crippen LogP contribution < -0.4 is 9.80 Å². The first kappa shape index (κ1) is 17.3. The van der Waals surface area contributed by atoms with Crippen molar-refractivity contribution in [2.75, 3.05) is 37.6 Å². The van der Waals surface area contributed by atoms with Crippen LogP contribution in [0.1, 0.15) is 39.0 Å². The summed E-state index contributed by atoms with van der Waals surface area (Å²) in [6.07, 6.45) is 3.49. The smallest absolute Gasteiger partial charge is 0.233 e. The molecule has 7 nitrogen and oxygen atoms in total. The van der Waals surface area contributed by atoms with Gasteiger partial charge in [-0.15, -0.1) is 0 Å². The number of aryl methyl sites for hydroxylation is 1. The topological polar surface area (TPSA) is 83.4 Å². The second-order valence-corrected chi connectivity index (χ2v) is 6.57. The number of rotatable bonds is 5. The Morgan fingerprint density at radius 2 is 1.84 bits per heavy atom. The van der Waals surface area contributed by atoms with Crippen molar-refractivity contribution in [2.45, 2.75) is 20.8 Å². The maximum Gasteiger partial charge on any atom is 0.233 e. The Morgan fingerprint density at radius 3 is 2.40 bits per heavy atom. The summed E-state index contributed by atoms with van der Waals surface area (Å²) in [6, 6.07) is 1.81. The molecule has 0 aromatic carbocycles. The highest BCUT2D eigenvalue weighted by molar-refractivity contribution is 6.03. The van der Waals surface area contributed by atoms with Gasteiger partial charge in [0.25, 0.3) is 0 Å². The molecule has 25 heavy (non-hydrogen) atoms. The molecule has 3 heterocycles. The van der Waals surface area contributed by atoms with E-state index in [1.807, 2.05) is 13.8 Å².